The summed E-state index contributed by atoms with van der Waals surface area (Å²) in [6.45, 7) is 0. The van der Waals surface area contributed by atoms with Gasteiger partial charge >= 0.3 is 0 Å². The van der Waals surface area contributed by atoms with Crippen LogP contribution in [0.4, 0.5) is 17.1 Å². The van der Waals surface area contributed by atoms with E-state index in [1.807, 2.05) is 72.8 Å². The van der Waals surface area contributed by atoms with Gasteiger partial charge < -0.3 is 4.90 Å². The molecule has 0 saturated heterocycles. The van der Waals surface area contributed by atoms with E-state index in [9.17, 15) is 2.74 Å². The topological polar surface area (TPSA) is 29.0 Å². The van der Waals surface area contributed by atoms with Crippen LogP contribution in [0.1, 0.15) is 19.2 Å². The highest BCUT2D eigenvalue weighted by Gasteiger charge is 2.17. The van der Waals surface area contributed by atoms with E-state index in [0.717, 1.165) is 16.0 Å². The molecule has 0 radical (unpaired) electrons. The third-order valence-corrected chi connectivity index (χ3v) is 7.28. The van der Waals surface area contributed by atoms with Gasteiger partial charge in [-0.3, -0.25) is 0 Å². The van der Waals surface area contributed by atoms with Gasteiger partial charge in [-0.2, -0.15) is 0 Å². The van der Waals surface area contributed by atoms with Crippen molar-refractivity contribution in [2.24, 2.45) is 0 Å². The van der Waals surface area contributed by atoms with E-state index < -0.39 is 107 Å². The number of fused-ring (bicyclic) bond motifs is 3. The lowest BCUT2D eigenvalue weighted by atomic mass is 10.0. The van der Waals surface area contributed by atoms with Crippen molar-refractivity contribution in [3.8, 4) is 33.6 Å². The largest absolute Gasteiger partial charge is 0.310 e. The first-order chi connectivity index (χ1) is 28.1. The first-order valence-corrected chi connectivity index (χ1v) is 14.0. The van der Waals surface area contributed by atoms with Crippen molar-refractivity contribution < 1.29 is 19.2 Å². The van der Waals surface area contributed by atoms with Crippen LogP contribution in [0.3, 0.4) is 0 Å². The second kappa shape index (κ2) is 11.6. The van der Waals surface area contributed by atoms with Gasteiger partial charge in [0.05, 0.1) is 41.6 Å². The van der Waals surface area contributed by atoms with Crippen molar-refractivity contribution in [3.05, 3.63) is 176 Å². The number of anilines is 3. The Bertz CT molecular complexity index is 2960. The van der Waals surface area contributed by atoms with Crippen LogP contribution < -0.4 is 4.90 Å². The van der Waals surface area contributed by atoms with Gasteiger partial charge in [0, 0.05) is 33.6 Å². The van der Waals surface area contributed by atoms with Crippen LogP contribution in [-0.2, 0) is 0 Å². The Morgan fingerprint density at radius 2 is 1.00 bits per heavy atom. The summed E-state index contributed by atoms with van der Waals surface area (Å²) in [6, 6.07) is 17.3. The molecule has 1 heterocycles. The minimum atomic E-state index is -0.782. The van der Waals surface area contributed by atoms with Crippen LogP contribution in [0.2, 0.25) is 0 Å². The van der Waals surface area contributed by atoms with Gasteiger partial charge in [0.15, 0.2) is 0 Å². The van der Waals surface area contributed by atoms with Gasteiger partial charge in [-0.05, 0) is 58.9 Å². The van der Waals surface area contributed by atoms with Gasteiger partial charge in [0.1, 0.15) is 0 Å². The summed E-state index contributed by atoms with van der Waals surface area (Å²) < 4.78 is 121. The lowest BCUT2D eigenvalue weighted by Gasteiger charge is -2.26. The van der Waals surface area contributed by atoms with E-state index in [0.29, 0.717) is 33.2 Å². The first-order valence-electron chi connectivity index (χ1n) is 21.0. The minimum Gasteiger partial charge on any atom is -0.310 e. The summed E-state index contributed by atoms with van der Waals surface area (Å²) in [5, 5.41) is 1.19. The molecule has 8 aromatic rings. The molecule has 0 spiro atoms. The summed E-state index contributed by atoms with van der Waals surface area (Å²) in [4.78, 5) is 11.3. The second-order valence-electron chi connectivity index (χ2n) is 10.0. The Labute approximate surface area is 282 Å². The van der Waals surface area contributed by atoms with Gasteiger partial charge in [0.2, 0.25) is 0 Å². The molecule has 8 rings (SSSR count). The quantitative estimate of drug-likeness (QED) is 0.181. The number of rotatable bonds is 6. The lowest BCUT2D eigenvalue weighted by molar-refractivity contribution is 1.28. The molecule has 0 unspecified atom stereocenters. The summed E-state index contributed by atoms with van der Waals surface area (Å²) >= 11 is 0. The molecule has 0 atom stereocenters. The van der Waals surface area contributed by atoms with Crippen molar-refractivity contribution in [3.63, 3.8) is 0 Å². The molecule has 3 nitrogen and oxygen atoms in total. The molecule has 3 heteroatoms. The molecule has 212 valence electrons. The average molecular weight is 590 g/mol. The third kappa shape index (κ3) is 5.11. The van der Waals surface area contributed by atoms with E-state index in [2.05, 4.69) is 0 Å². The smallest absolute Gasteiger partial charge is 0.0973 e. The van der Waals surface area contributed by atoms with Crippen molar-refractivity contribution >= 4 is 38.9 Å². The van der Waals surface area contributed by atoms with Crippen LogP contribution in [0.25, 0.3) is 55.4 Å². The van der Waals surface area contributed by atoms with E-state index in [1.54, 1.807) is 18.2 Å². The van der Waals surface area contributed by atoms with Crippen molar-refractivity contribution in [1.29, 1.82) is 0 Å². The van der Waals surface area contributed by atoms with Gasteiger partial charge in [-0.15, -0.1) is 0 Å². The average Bonchev–Trinajstić information content (AvgIpc) is 3.26. The fourth-order valence-electron chi connectivity index (χ4n) is 5.20. The normalized spacial score (nSPS) is 15.5. The Balaban J connectivity index is 1.46. The van der Waals surface area contributed by atoms with E-state index >= 15 is 0 Å². The van der Waals surface area contributed by atoms with E-state index in [-0.39, 0.29) is 5.69 Å². The molecule has 45 heavy (non-hydrogen) atoms. The number of benzene rings is 7. The fourth-order valence-corrected chi connectivity index (χ4v) is 5.20. The Morgan fingerprint density at radius 3 is 1.67 bits per heavy atom. The number of aromatic nitrogens is 2. The van der Waals surface area contributed by atoms with Crippen LogP contribution in [0, 0.1) is 0 Å². The molecule has 0 amide bonds. The van der Waals surface area contributed by atoms with Crippen LogP contribution in [0.5, 0.6) is 0 Å². The maximum absolute atomic E-state index is 9.29. The molecule has 7 aromatic carbocycles. The predicted molar refractivity (Wildman–Crippen MR) is 188 cm³/mol. The predicted octanol–water partition coefficient (Wildman–Crippen LogP) is 11.3. The third-order valence-electron chi connectivity index (χ3n) is 7.28. The standard InChI is InChI=1S/C42H29N3/c1-5-13-30(14-6-1)31-21-25-36(26-22-31)45(35-19-11-4-12-20-35)37-27-23-32-24-28-39-42(38(32)29-37)44-41(34-17-9-3-10-18-34)40(43-39)33-15-7-2-8-16-33/h1-29H/i1D,4D,5D,6D,11D,12D,13D,14D,19D,20D,21D,22D,25D,26D. The SMILES string of the molecule is [2H]c1c([2H])c([2H])c(-c2c([2H])c([2H])c(N(c3ccc4ccc5nc(-c6ccccc6)c(-c6ccccc6)nc5c4c3)c3c([2H])c([2H])c([2H])c([2H])c3[2H])c([2H])c2[2H])c([2H])c1[2H]. The van der Waals surface area contributed by atoms with Gasteiger partial charge in [-0.25, -0.2) is 9.97 Å². The zero-order chi connectivity index (χ0) is 42.2. The molecule has 0 fully saturated rings. The fraction of sp³-hybridized carbons (Fsp3) is 0. The summed E-state index contributed by atoms with van der Waals surface area (Å²) in [5.41, 5.74) is 1.75. The molecular formula is C42H29N3. The lowest BCUT2D eigenvalue weighted by Crippen LogP contribution is -2.09. The summed E-state index contributed by atoms with van der Waals surface area (Å²) in [5.74, 6) is 0. The Kier molecular flexibility index (Phi) is 4.01. The molecule has 0 bridgehead atoms. The highest BCUT2D eigenvalue weighted by Crippen LogP contribution is 2.39. The van der Waals surface area contributed by atoms with Gasteiger partial charge in [-0.1, -0.05) is 133 Å². The van der Waals surface area contributed by atoms with Crippen LogP contribution in [-0.4, -0.2) is 9.97 Å². The number of nitrogens with zero attached hydrogens (tertiary/aromatic N) is 3. The molecule has 0 saturated carbocycles. The Morgan fingerprint density at radius 1 is 0.444 bits per heavy atom. The zero-order valence-corrected chi connectivity index (χ0v) is 23.5. The monoisotopic (exact) mass is 589 g/mol. The first kappa shape index (κ1) is 15.6. The molecule has 0 N–H and O–H groups in total. The van der Waals surface area contributed by atoms with E-state index in [4.69, 9.17) is 26.4 Å². The van der Waals surface area contributed by atoms with Crippen LogP contribution >= 0.6 is 0 Å². The highest BCUT2D eigenvalue weighted by atomic mass is 15.1. The van der Waals surface area contributed by atoms with Crippen molar-refractivity contribution in [1.82, 2.24) is 9.97 Å². The maximum atomic E-state index is 9.29. The van der Waals surface area contributed by atoms with E-state index in [1.165, 1.54) is 0 Å². The number of hydrogen-bond acceptors (Lipinski definition) is 3. The highest BCUT2D eigenvalue weighted by molar-refractivity contribution is 6.07. The summed E-state index contributed by atoms with van der Waals surface area (Å²) in [7, 11) is 0. The molecule has 0 aliphatic carbocycles. The molecular weight excluding hydrogens is 546 g/mol. The maximum Gasteiger partial charge on any atom is 0.0973 e. The zero-order valence-electron chi connectivity index (χ0n) is 37.5. The van der Waals surface area contributed by atoms with Crippen molar-refractivity contribution in [2.45, 2.75) is 0 Å². The molecule has 1 aromatic heterocycles. The van der Waals surface area contributed by atoms with Gasteiger partial charge in [0.25, 0.3) is 0 Å². The second-order valence-corrected chi connectivity index (χ2v) is 10.0. The Hall–Kier alpha value is -6.06. The molecule has 0 aliphatic rings. The number of hydrogen-bond donors (Lipinski definition) is 0. The molecule has 0 aliphatic heterocycles. The van der Waals surface area contributed by atoms with Crippen molar-refractivity contribution in [2.75, 3.05) is 4.90 Å². The summed E-state index contributed by atoms with van der Waals surface area (Å²) in [6.07, 6.45) is 0. The minimum absolute atomic E-state index is 0.0788. The van der Waals surface area contributed by atoms with Crippen LogP contribution in [0.15, 0.2) is 176 Å². The number of para-hydroxylation sites is 1.